The second kappa shape index (κ2) is 6.98. The van der Waals surface area contributed by atoms with Crippen molar-refractivity contribution in [3.8, 4) is 17.2 Å². The summed E-state index contributed by atoms with van der Waals surface area (Å²) in [6.45, 7) is 0. The van der Waals surface area contributed by atoms with Crippen LogP contribution in [0.5, 0.6) is 17.2 Å². The summed E-state index contributed by atoms with van der Waals surface area (Å²) >= 11 is 0. The Morgan fingerprint density at radius 2 is 1.68 bits per heavy atom. The van der Waals surface area contributed by atoms with Gasteiger partial charge in [-0.3, -0.25) is 4.79 Å². The predicted octanol–water partition coefficient (Wildman–Crippen LogP) is 1.55. The van der Waals surface area contributed by atoms with E-state index >= 15 is 0 Å². The third kappa shape index (κ3) is 4.00. The van der Waals surface area contributed by atoms with Crippen LogP contribution >= 0.6 is 0 Å². The minimum absolute atomic E-state index is 0.000257. The zero-order valence-corrected chi connectivity index (χ0v) is 13.1. The first-order valence-corrected chi connectivity index (χ1v) is 7.56. The topological polar surface area (TPSA) is 120 Å². The first kappa shape index (κ1) is 17.0. The number of phenolic OH excluding ortho intramolecular Hbond substituents is 3. The van der Waals surface area contributed by atoms with E-state index < -0.39 is 18.3 Å². The molecular weight excluding hydrogens is 330 g/mol. The second-order valence-corrected chi connectivity index (χ2v) is 5.67. The van der Waals surface area contributed by atoms with Crippen molar-refractivity contribution in [2.75, 3.05) is 0 Å². The van der Waals surface area contributed by atoms with Gasteiger partial charge in [0.05, 0.1) is 0 Å². The SMILES string of the molecule is O=C(O)[C@H](Cc1ccc(O)cc1)N1OC(Cc2cc(O)ccc2O)O1. The number of carbonyl (C=O) groups is 1. The number of rotatable bonds is 6. The average Bonchev–Trinajstić information content (AvgIpc) is 2.53. The van der Waals surface area contributed by atoms with E-state index in [1.54, 1.807) is 12.1 Å². The summed E-state index contributed by atoms with van der Waals surface area (Å²) in [4.78, 5) is 22.1. The van der Waals surface area contributed by atoms with E-state index in [0.717, 1.165) is 5.23 Å². The van der Waals surface area contributed by atoms with Crippen LogP contribution in [0.2, 0.25) is 0 Å². The lowest BCUT2D eigenvalue weighted by atomic mass is 10.1. The summed E-state index contributed by atoms with van der Waals surface area (Å²) in [7, 11) is 0. The van der Waals surface area contributed by atoms with Crippen molar-refractivity contribution in [1.29, 1.82) is 0 Å². The highest BCUT2D eigenvalue weighted by Gasteiger charge is 2.40. The molecule has 132 valence electrons. The van der Waals surface area contributed by atoms with E-state index in [4.69, 9.17) is 9.68 Å². The number of hydroxylamine groups is 2. The molecule has 4 N–H and O–H groups in total. The first-order valence-electron chi connectivity index (χ1n) is 7.56. The Labute approximate surface area is 143 Å². The number of aliphatic carboxylic acids is 1. The van der Waals surface area contributed by atoms with Gasteiger partial charge >= 0.3 is 5.97 Å². The predicted molar refractivity (Wildman–Crippen MR) is 84.5 cm³/mol. The van der Waals surface area contributed by atoms with Crippen LogP contribution in [0.4, 0.5) is 0 Å². The van der Waals surface area contributed by atoms with Crippen molar-refractivity contribution in [3.63, 3.8) is 0 Å². The highest BCUT2D eigenvalue weighted by Crippen LogP contribution is 2.29. The lowest BCUT2D eigenvalue weighted by Crippen LogP contribution is -2.55. The van der Waals surface area contributed by atoms with E-state index in [9.17, 15) is 25.2 Å². The third-order valence-corrected chi connectivity index (χ3v) is 3.80. The number of hydrogen-bond acceptors (Lipinski definition) is 7. The monoisotopic (exact) mass is 347 g/mol. The van der Waals surface area contributed by atoms with Crippen LogP contribution in [0.3, 0.4) is 0 Å². The van der Waals surface area contributed by atoms with E-state index in [1.807, 2.05) is 0 Å². The van der Waals surface area contributed by atoms with Gasteiger partial charge in [-0.25, -0.2) is 9.68 Å². The molecule has 1 heterocycles. The van der Waals surface area contributed by atoms with Crippen LogP contribution in [-0.2, 0) is 27.3 Å². The zero-order valence-electron chi connectivity index (χ0n) is 13.1. The Balaban J connectivity index is 1.59. The molecule has 25 heavy (non-hydrogen) atoms. The highest BCUT2D eigenvalue weighted by atomic mass is 17.1. The van der Waals surface area contributed by atoms with E-state index in [-0.39, 0.29) is 30.1 Å². The van der Waals surface area contributed by atoms with Crippen LogP contribution in [0.15, 0.2) is 42.5 Å². The van der Waals surface area contributed by atoms with Gasteiger partial charge in [-0.1, -0.05) is 12.1 Å². The Hall–Kier alpha value is -2.81. The van der Waals surface area contributed by atoms with Gasteiger partial charge in [-0.15, -0.1) is 0 Å². The van der Waals surface area contributed by atoms with Crippen molar-refractivity contribution in [1.82, 2.24) is 5.23 Å². The quantitative estimate of drug-likeness (QED) is 0.581. The fourth-order valence-corrected chi connectivity index (χ4v) is 2.48. The van der Waals surface area contributed by atoms with Crippen molar-refractivity contribution >= 4 is 5.97 Å². The number of nitrogens with zero attached hydrogens (tertiary/aromatic N) is 1. The molecule has 1 aliphatic heterocycles. The smallest absolute Gasteiger partial charge is 0.326 e. The average molecular weight is 347 g/mol. The summed E-state index contributed by atoms with van der Waals surface area (Å²) in [5, 5.41) is 38.7. The van der Waals surface area contributed by atoms with Crippen molar-refractivity contribution < 1.29 is 34.9 Å². The minimum atomic E-state index is -1.12. The van der Waals surface area contributed by atoms with Crippen LogP contribution < -0.4 is 0 Å². The number of aromatic hydroxyl groups is 3. The lowest BCUT2D eigenvalue weighted by Gasteiger charge is -2.40. The van der Waals surface area contributed by atoms with Crippen molar-refractivity contribution in [2.45, 2.75) is 25.2 Å². The summed E-state index contributed by atoms with van der Waals surface area (Å²) in [6.07, 6.45) is -0.475. The molecule has 1 aliphatic rings. The summed E-state index contributed by atoms with van der Waals surface area (Å²) in [5.74, 6) is -1.04. The highest BCUT2D eigenvalue weighted by molar-refractivity contribution is 5.73. The Bertz CT molecular complexity index is 756. The molecule has 0 spiro atoms. The fourth-order valence-electron chi connectivity index (χ4n) is 2.48. The molecule has 2 aromatic carbocycles. The number of benzene rings is 2. The molecule has 2 aromatic rings. The van der Waals surface area contributed by atoms with Crippen molar-refractivity contribution in [2.24, 2.45) is 0 Å². The van der Waals surface area contributed by atoms with Gasteiger partial charge in [0.2, 0.25) is 6.29 Å². The maximum absolute atomic E-state index is 11.4. The van der Waals surface area contributed by atoms with Crippen LogP contribution in [0, 0.1) is 0 Å². The normalized spacial score (nSPS) is 16.3. The minimum Gasteiger partial charge on any atom is -0.508 e. The molecular formula is C17H17NO7. The molecule has 0 radical (unpaired) electrons. The van der Waals surface area contributed by atoms with Gasteiger partial charge in [0.25, 0.3) is 0 Å². The molecule has 1 fully saturated rings. The maximum atomic E-state index is 11.4. The van der Waals surface area contributed by atoms with Crippen LogP contribution in [0.25, 0.3) is 0 Å². The number of carboxylic acid groups (broad SMARTS) is 1. The van der Waals surface area contributed by atoms with Gasteiger partial charge < -0.3 is 20.4 Å². The molecule has 0 aliphatic carbocycles. The van der Waals surface area contributed by atoms with Gasteiger partial charge in [-0.2, -0.15) is 0 Å². The molecule has 8 heteroatoms. The van der Waals surface area contributed by atoms with Gasteiger partial charge in [0.15, 0.2) is 6.04 Å². The van der Waals surface area contributed by atoms with Gasteiger partial charge in [-0.05, 0) is 41.1 Å². The molecule has 8 nitrogen and oxygen atoms in total. The zero-order chi connectivity index (χ0) is 18.0. The molecule has 3 rings (SSSR count). The molecule has 0 saturated carbocycles. The third-order valence-electron chi connectivity index (χ3n) is 3.80. The Morgan fingerprint density at radius 3 is 2.32 bits per heavy atom. The molecule has 0 amide bonds. The van der Waals surface area contributed by atoms with E-state index in [2.05, 4.69) is 0 Å². The van der Waals surface area contributed by atoms with Crippen LogP contribution in [-0.4, -0.2) is 44.0 Å². The number of carboxylic acids is 1. The standard InChI is InChI=1S/C17H17NO7/c19-12-3-1-10(2-4-12)7-14(17(22)23)18-24-16(25-18)9-11-8-13(20)5-6-15(11)21/h1-6,8,14,16,19-21H,7,9H2,(H,22,23)/t14-/m0/s1. The van der Waals surface area contributed by atoms with Gasteiger partial charge in [0, 0.05) is 18.4 Å². The molecule has 1 atom stereocenters. The fraction of sp³-hybridized carbons (Fsp3) is 0.235. The summed E-state index contributed by atoms with van der Waals surface area (Å²) < 4.78 is 0. The molecule has 1 saturated heterocycles. The maximum Gasteiger partial charge on any atom is 0.326 e. The summed E-state index contributed by atoms with van der Waals surface area (Å²) in [6, 6.07) is 9.21. The molecule has 0 aromatic heterocycles. The molecule has 0 unspecified atom stereocenters. The van der Waals surface area contributed by atoms with Crippen LogP contribution in [0.1, 0.15) is 11.1 Å². The Kier molecular flexibility index (Phi) is 4.75. The number of phenols is 3. The van der Waals surface area contributed by atoms with E-state index in [1.165, 1.54) is 30.3 Å². The van der Waals surface area contributed by atoms with E-state index in [0.29, 0.717) is 11.1 Å². The first-order chi connectivity index (χ1) is 11.9. The second-order valence-electron chi connectivity index (χ2n) is 5.67. The lowest BCUT2D eigenvalue weighted by molar-refractivity contribution is -0.572. The number of hydrogen-bond donors (Lipinski definition) is 4. The largest absolute Gasteiger partial charge is 0.508 e. The van der Waals surface area contributed by atoms with Gasteiger partial charge in [0.1, 0.15) is 17.2 Å². The molecule has 0 bridgehead atoms. The summed E-state index contributed by atoms with van der Waals surface area (Å²) in [5.41, 5.74) is 1.13. The van der Waals surface area contributed by atoms with Crippen molar-refractivity contribution in [3.05, 3.63) is 53.6 Å². The Morgan fingerprint density at radius 1 is 1.04 bits per heavy atom.